The zero-order chi connectivity index (χ0) is 16.2. The summed E-state index contributed by atoms with van der Waals surface area (Å²) in [6, 6.07) is 7.94. The van der Waals surface area contributed by atoms with E-state index in [1.165, 1.54) is 16.9 Å². The Morgan fingerprint density at radius 2 is 2.00 bits per heavy atom. The highest BCUT2D eigenvalue weighted by Crippen LogP contribution is 2.33. The van der Waals surface area contributed by atoms with E-state index in [1.807, 2.05) is 31.2 Å². The largest absolute Gasteiger partial charge is 0.420 e. The van der Waals surface area contributed by atoms with E-state index >= 15 is 0 Å². The summed E-state index contributed by atoms with van der Waals surface area (Å²) in [5.41, 5.74) is 8.57. The van der Waals surface area contributed by atoms with Gasteiger partial charge in [0.2, 0.25) is 16.9 Å². The van der Waals surface area contributed by atoms with Crippen LogP contribution in [0.25, 0.3) is 22.2 Å². The molecule has 0 saturated heterocycles. The van der Waals surface area contributed by atoms with E-state index in [-0.39, 0.29) is 5.88 Å². The molecule has 2 aromatic heterocycles. The number of nitrogens with one attached hydrogen (secondary N) is 1. The smallest absolute Gasteiger partial charge is 0.229 e. The van der Waals surface area contributed by atoms with Crippen LogP contribution in [0.1, 0.15) is 25.3 Å². The van der Waals surface area contributed by atoms with Gasteiger partial charge in [0.05, 0.1) is 0 Å². The lowest BCUT2D eigenvalue weighted by Gasteiger charge is -1.97. The van der Waals surface area contributed by atoms with Gasteiger partial charge in [-0.3, -0.25) is 0 Å². The number of nitrogen functional groups attached to an aromatic ring is 1. The van der Waals surface area contributed by atoms with Crippen LogP contribution in [0, 0.1) is 6.92 Å². The van der Waals surface area contributed by atoms with Crippen molar-refractivity contribution in [1.82, 2.24) is 15.2 Å². The number of anilines is 2. The van der Waals surface area contributed by atoms with Crippen molar-refractivity contribution in [2.75, 3.05) is 17.6 Å². The second-order valence-electron chi connectivity index (χ2n) is 5.29. The number of nitrogens with zero attached hydrogens (tertiary/aromatic N) is 3. The Bertz CT molecular complexity index is 778. The number of rotatable bonds is 6. The molecule has 6 nitrogen and oxygen atoms in total. The Balaban J connectivity index is 1.82. The van der Waals surface area contributed by atoms with Crippen molar-refractivity contribution in [3.63, 3.8) is 0 Å². The van der Waals surface area contributed by atoms with Crippen LogP contribution in [0.15, 0.2) is 28.7 Å². The average Bonchev–Trinajstić information content (AvgIpc) is 3.15. The molecular formula is C16H19N5OS. The van der Waals surface area contributed by atoms with Gasteiger partial charge in [-0.15, -0.1) is 10.2 Å². The fourth-order valence-electron chi connectivity index (χ4n) is 2.07. The first kappa shape index (κ1) is 15.5. The third-order valence-electron chi connectivity index (χ3n) is 3.39. The van der Waals surface area contributed by atoms with Gasteiger partial charge in [-0.1, -0.05) is 42.4 Å². The van der Waals surface area contributed by atoms with Crippen LogP contribution in [0.3, 0.4) is 0 Å². The van der Waals surface area contributed by atoms with Gasteiger partial charge >= 0.3 is 0 Å². The molecule has 120 valence electrons. The minimum Gasteiger partial charge on any atom is -0.420 e. The SMILES string of the molecule is CCCCNc1nnc(-c2nc(-c3ccc(C)cc3)oc2N)s1. The molecule has 3 N–H and O–H groups in total. The lowest BCUT2D eigenvalue weighted by atomic mass is 10.1. The maximum absolute atomic E-state index is 5.96. The van der Waals surface area contributed by atoms with Crippen molar-refractivity contribution < 1.29 is 4.42 Å². The third-order valence-corrected chi connectivity index (χ3v) is 4.27. The topological polar surface area (TPSA) is 89.9 Å². The summed E-state index contributed by atoms with van der Waals surface area (Å²) in [4.78, 5) is 4.48. The number of nitrogens with two attached hydrogens (primary N) is 1. The van der Waals surface area contributed by atoms with Crippen molar-refractivity contribution in [1.29, 1.82) is 0 Å². The van der Waals surface area contributed by atoms with E-state index in [0.717, 1.165) is 30.1 Å². The fourth-order valence-corrected chi connectivity index (χ4v) is 2.83. The number of benzene rings is 1. The summed E-state index contributed by atoms with van der Waals surface area (Å²) in [6.45, 7) is 5.07. The maximum atomic E-state index is 5.96. The summed E-state index contributed by atoms with van der Waals surface area (Å²) in [5.74, 6) is 0.755. The standard InChI is InChI=1S/C16H19N5OS/c1-3-4-9-18-16-21-20-15(23-16)12-13(17)22-14(19-12)11-7-5-10(2)6-8-11/h5-8H,3-4,9,17H2,1-2H3,(H,18,21). The molecular weight excluding hydrogens is 310 g/mol. The van der Waals surface area contributed by atoms with E-state index in [1.54, 1.807) is 0 Å². The summed E-state index contributed by atoms with van der Waals surface area (Å²) in [6.07, 6.45) is 2.23. The minimum atomic E-state index is 0.261. The molecule has 0 saturated carbocycles. The Kier molecular flexibility index (Phi) is 4.57. The molecule has 2 heterocycles. The molecule has 0 unspecified atom stereocenters. The van der Waals surface area contributed by atoms with Gasteiger partial charge in [-0.2, -0.15) is 0 Å². The van der Waals surface area contributed by atoms with E-state index < -0.39 is 0 Å². The number of unbranched alkanes of at least 4 members (excludes halogenated alkanes) is 1. The molecule has 23 heavy (non-hydrogen) atoms. The van der Waals surface area contributed by atoms with Gasteiger partial charge in [-0.25, -0.2) is 4.98 Å². The number of hydrogen-bond donors (Lipinski definition) is 2. The lowest BCUT2D eigenvalue weighted by molar-refractivity contribution is 0.594. The van der Waals surface area contributed by atoms with Crippen LogP contribution < -0.4 is 11.1 Å². The molecule has 0 fully saturated rings. The monoisotopic (exact) mass is 329 g/mol. The predicted octanol–water partition coefficient (Wildman–Crippen LogP) is 3.96. The summed E-state index contributed by atoms with van der Waals surface area (Å²) < 4.78 is 5.59. The first-order valence-corrected chi connectivity index (χ1v) is 8.40. The van der Waals surface area contributed by atoms with Gasteiger partial charge in [-0.05, 0) is 25.5 Å². The molecule has 0 aliphatic heterocycles. The second-order valence-corrected chi connectivity index (χ2v) is 6.27. The molecule has 0 atom stereocenters. The number of hydrogen-bond acceptors (Lipinski definition) is 7. The van der Waals surface area contributed by atoms with Crippen LogP contribution in [-0.4, -0.2) is 21.7 Å². The molecule has 3 aromatic rings. The van der Waals surface area contributed by atoms with Gasteiger partial charge in [0.15, 0.2) is 10.7 Å². The van der Waals surface area contributed by atoms with Crippen LogP contribution in [0.2, 0.25) is 0 Å². The molecule has 0 aliphatic rings. The van der Waals surface area contributed by atoms with Crippen LogP contribution in [0.5, 0.6) is 0 Å². The first-order valence-electron chi connectivity index (χ1n) is 7.58. The highest BCUT2D eigenvalue weighted by atomic mass is 32.1. The number of oxazole rings is 1. The Morgan fingerprint density at radius 1 is 1.22 bits per heavy atom. The van der Waals surface area contributed by atoms with E-state index in [9.17, 15) is 0 Å². The van der Waals surface area contributed by atoms with Crippen molar-refractivity contribution in [3.05, 3.63) is 29.8 Å². The molecule has 0 radical (unpaired) electrons. The van der Waals surface area contributed by atoms with Crippen molar-refractivity contribution in [2.24, 2.45) is 0 Å². The van der Waals surface area contributed by atoms with Crippen molar-refractivity contribution in [3.8, 4) is 22.2 Å². The summed E-state index contributed by atoms with van der Waals surface area (Å²) in [5, 5.41) is 12.9. The van der Waals surface area contributed by atoms with E-state index in [2.05, 4.69) is 27.4 Å². The molecule has 0 amide bonds. The average molecular weight is 329 g/mol. The second kappa shape index (κ2) is 6.78. The Morgan fingerprint density at radius 3 is 2.74 bits per heavy atom. The summed E-state index contributed by atoms with van der Waals surface area (Å²) >= 11 is 1.43. The lowest BCUT2D eigenvalue weighted by Crippen LogP contribution is -1.99. The summed E-state index contributed by atoms with van der Waals surface area (Å²) in [7, 11) is 0. The highest BCUT2D eigenvalue weighted by Gasteiger charge is 2.18. The quantitative estimate of drug-likeness (QED) is 0.665. The predicted molar refractivity (Wildman–Crippen MR) is 93.4 cm³/mol. The van der Waals surface area contributed by atoms with Gasteiger partial charge in [0.25, 0.3) is 0 Å². The van der Waals surface area contributed by atoms with Crippen molar-refractivity contribution >= 4 is 22.4 Å². The van der Waals surface area contributed by atoms with Crippen LogP contribution in [0.4, 0.5) is 11.0 Å². The minimum absolute atomic E-state index is 0.261. The fraction of sp³-hybridized carbons (Fsp3) is 0.312. The third kappa shape index (κ3) is 3.50. The molecule has 1 aromatic carbocycles. The molecule has 0 aliphatic carbocycles. The zero-order valence-corrected chi connectivity index (χ0v) is 14.0. The number of aryl methyl sites for hydroxylation is 1. The number of aromatic nitrogens is 3. The van der Waals surface area contributed by atoms with Crippen LogP contribution >= 0.6 is 11.3 Å². The van der Waals surface area contributed by atoms with E-state index in [0.29, 0.717) is 16.6 Å². The Labute approximate surface area is 138 Å². The maximum Gasteiger partial charge on any atom is 0.229 e. The molecule has 0 spiro atoms. The van der Waals surface area contributed by atoms with E-state index in [4.69, 9.17) is 10.2 Å². The normalized spacial score (nSPS) is 10.9. The molecule has 3 rings (SSSR count). The van der Waals surface area contributed by atoms with Crippen LogP contribution in [-0.2, 0) is 0 Å². The molecule has 0 bridgehead atoms. The zero-order valence-electron chi connectivity index (χ0n) is 13.2. The van der Waals surface area contributed by atoms with Gasteiger partial charge in [0, 0.05) is 12.1 Å². The highest BCUT2D eigenvalue weighted by molar-refractivity contribution is 7.18. The van der Waals surface area contributed by atoms with Crippen molar-refractivity contribution in [2.45, 2.75) is 26.7 Å². The molecule has 7 heteroatoms. The first-order chi connectivity index (χ1) is 11.2. The van der Waals surface area contributed by atoms with Gasteiger partial charge < -0.3 is 15.5 Å². The Hall–Kier alpha value is -2.41. The van der Waals surface area contributed by atoms with Gasteiger partial charge in [0.1, 0.15) is 0 Å².